The van der Waals surface area contributed by atoms with Crippen LogP contribution in [0.1, 0.15) is 49.8 Å². The maximum atomic E-state index is 9.21. The lowest BCUT2D eigenvalue weighted by Gasteiger charge is -2.07. The summed E-state index contributed by atoms with van der Waals surface area (Å²) in [5.74, 6) is 2.26. The molecule has 1 aromatic carbocycles. The average molecular weight is 342 g/mol. The van der Waals surface area contributed by atoms with Gasteiger partial charge in [-0.2, -0.15) is 10.4 Å². The molecule has 0 saturated heterocycles. The number of ether oxygens (including phenoxy) is 2. The Morgan fingerprint density at radius 1 is 1.28 bits per heavy atom. The molecular formula is C18H22N4O3. The van der Waals surface area contributed by atoms with Crippen LogP contribution in [0.25, 0.3) is 0 Å². The maximum absolute atomic E-state index is 9.21. The third-order valence-corrected chi connectivity index (χ3v) is 3.87. The molecule has 0 aliphatic heterocycles. The van der Waals surface area contributed by atoms with Gasteiger partial charge in [0.15, 0.2) is 11.5 Å². The van der Waals surface area contributed by atoms with Crippen LogP contribution in [0, 0.1) is 11.3 Å². The van der Waals surface area contributed by atoms with Crippen molar-refractivity contribution in [1.29, 1.82) is 5.26 Å². The number of oxazole rings is 1. The minimum absolute atomic E-state index is 0.192. The van der Waals surface area contributed by atoms with Crippen molar-refractivity contribution in [1.82, 2.24) is 4.98 Å². The molecule has 0 amide bonds. The smallest absolute Gasteiger partial charge is 0.252 e. The number of methoxy groups -OCH3 is 2. The van der Waals surface area contributed by atoms with Crippen molar-refractivity contribution in [3.63, 3.8) is 0 Å². The summed E-state index contributed by atoms with van der Waals surface area (Å²) in [6, 6.07) is 7.45. The molecular weight excluding hydrogens is 320 g/mol. The van der Waals surface area contributed by atoms with E-state index in [2.05, 4.69) is 29.4 Å². The van der Waals surface area contributed by atoms with Crippen LogP contribution in [-0.2, 0) is 0 Å². The van der Waals surface area contributed by atoms with Crippen molar-refractivity contribution in [2.75, 3.05) is 19.6 Å². The Balaban J connectivity index is 2.15. The Morgan fingerprint density at radius 3 is 2.60 bits per heavy atom. The van der Waals surface area contributed by atoms with Gasteiger partial charge in [-0.3, -0.25) is 0 Å². The Hall–Kier alpha value is -3.01. The van der Waals surface area contributed by atoms with Crippen molar-refractivity contribution in [3.05, 3.63) is 35.3 Å². The molecule has 1 aromatic heterocycles. The zero-order chi connectivity index (χ0) is 18.2. The highest BCUT2D eigenvalue weighted by molar-refractivity contribution is 5.81. The summed E-state index contributed by atoms with van der Waals surface area (Å²) in [7, 11) is 3.15. The van der Waals surface area contributed by atoms with Gasteiger partial charge in [0.25, 0.3) is 5.88 Å². The minimum atomic E-state index is 0.192. The monoisotopic (exact) mass is 342 g/mol. The van der Waals surface area contributed by atoms with Crippen LogP contribution in [0.2, 0.25) is 0 Å². The highest BCUT2D eigenvalue weighted by Crippen LogP contribution is 2.28. The van der Waals surface area contributed by atoms with Crippen LogP contribution in [0.15, 0.2) is 27.7 Å². The first-order valence-electron chi connectivity index (χ1n) is 8.08. The Morgan fingerprint density at radius 2 is 2.00 bits per heavy atom. The Labute approximate surface area is 147 Å². The lowest BCUT2D eigenvalue weighted by atomic mass is 10.0. The number of hydrogen-bond acceptors (Lipinski definition) is 7. The van der Waals surface area contributed by atoms with Crippen LogP contribution in [0.4, 0.5) is 5.88 Å². The second-order valence-corrected chi connectivity index (χ2v) is 5.34. The molecule has 0 fully saturated rings. The van der Waals surface area contributed by atoms with Gasteiger partial charge in [-0.1, -0.05) is 13.8 Å². The third kappa shape index (κ3) is 4.29. The molecule has 0 spiro atoms. The van der Waals surface area contributed by atoms with E-state index < -0.39 is 0 Å². The standard InChI is InChI=1S/C18H22N4O3/c1-5-13(6-2)17-21-14(10-19)18(25-17)22-20-11-12-7-8-15(23-3)16(9-12)24-4/h7-9,11,13,22H,5-6H2,1-4H3. The summed E-state index contributed by atoms with van der Waals surface area (Å²) in [5, 5.41) is 13.3. The van der Waals surface area contributed by atoms with E-state index in [-0.39, 0.29) is 17.5 Å². The fourth-order valence-electron chi connectivity index (χ4n) is 2.40. The predicted molar refractivity (Wildman–Crippen MR) is 95.3 cm³/mol. The van der Waals surface area contributed by atoms with E-state index in [4.69, 9.17) is 13.9 Å². The van der Waals surface area contributed by atoms with E-state index in [0.29, 0.717) is 17.4 Å². The number of benzene rings is 1. The van der Waals surface area contributed by atoms with E-state index in [1.165, 1.54) is 0 Å². The predicted octanol–water partition coefficient (Wildman–Crippen LogP) is 3.91. The highest BCUT2D eigenvalue weighted by Gasteiger charge is 2.18. The summed E-state index contributed by atoms with van der Waals surface area (Å²) in [5.41, 5.74) is 3.76. The van der Waals surface area contributed by atoms with E-state index in [1.807, 2.05) is 12.1 Å². The maximum Gasteiger partial charge on any atom is 0.252 e. The van der Waals surface area contributed by atoms with Crippen molar-refractivity contribution in [3.8, 4) is 17.6 Å². The van der Waals surface area contributed by atoms with Gasteiger partial charge in [-0.15, -0.1) is 0 Å². The van der Waals surface area contributed by atoms with Gasteiger partial charge in [0, 0.05) is 5.92 Å². The summed E-state index contributed by atoms with van der Waals surface area (Å²) >= 11 is 0. The lowest BCUT2D eigenvalue weighted by molar-refractivity contribution is 0.355. The molecule has 132 valence electrons. The molecule has 0 bridgehead atoms. The zero-order valence-electron chi connectivity index (χ0n) is 14.9. The fourth-order valence-corrected chi connectivity index (χ4v) is 2.40. The summed E-state index contributed by atoms with van der Waals surface area (Å²) in [4.78, 5) is 4.25. The van der Waals surface area contributed by atoms with Gasteiger partial charge >= 0.3 is 0 Å². The average Bonchev–Trinajstić information content (AvgIpc) is 3.05. The number of hydrogen-bond donors (Lipinski definition) is 1. The Bertz CT molecular complexity index is 773. The summed E-state index contributed by atoms with van der Waals surface area (Å²) in [6.07, 6.45) is 3.40. The van der Waals surface area contributed by atoms with Crippen molar-refractivity contribution in [2.24, 2.45) is 5.10 Å². The van der Waals surface area contributed by atoms with E-state index in [0.717, 1.165) is 18.4 Å². The van der Waals surface area contributed by atoms with Crippen LogP contribution in [0.3, 0.4) is 0 Å². The molecule has 0 aliphatic rings. The van der Waals surface area contributed by atoms with Crippen LogP contribution in [-0.4, -0.2) is 25.4 Å². The van der Waals surface area contributed by atoms with E-state index in [1.54, 1.807) is 32.6 Å². The van der Waals surface area contributed by atoms with Crippen LogP contribution in [0.5, 0.6) is 11.5 Å². The summed E-state index contributed by atoms with van der Waals surface area (Å²) < 4.78 is 16.1. The second-order valence-electron chi connectivity index (χ2n) is 5.34. The Kier molecular flexibility index (Phi) is 6.40. The first-order valence-corrected chi connectivity index (χ1v) is 8.08. The molecule has 7 nitrogen and oxygen atoms in total. The molecule has 1 N–H and O–H groups in total. The zero-order valence-corrected chi connectivity index (χ0v) is 14.9. The van der Waals surface area contributed by atoms with Crippen LogP contribution < -0.4 is 14.9 Å². The molecule has 0 atom stereocenters. The molecule has 1 heterocycles. The molecule has 0 unspecified atom stereocenters. The number of hydrazone groups is 1. The van der Waals surface area contributed by atoms with Gasteiger partial charge in [0.2, 0.25) is 11.6 Å². The highest BCUT2D eigenvalue weighted by atomic mass is 16.5. The molecule has 2 rings (SSSR count). The van der Waals surface area contributed by atoms with Gasteiger partial charge in [0.1, 0.15) is 6.07 Å². The SMILES string of the molecule is CCC(CC)c1nc(C#N)c(NN=Cc2ccc(OC)c(OC)c2)o1. The van der Waals surface area contributed by atoms with Gasteiger partial charge in [0.05, 0.1) is 20.4 Å². The number of nitrogens with one attached hydrogen (secondary N) is 1. The van der Waals surface area contributed by atoms with Crippen LogP contribution >= 0.6 is 0 Å². The molecule has 0 aliphatic carbocycles. The fraction of sp³-hybridized carbons (Fsp3) is 0.389. The number of rotatable bonds is 8. The molecule has 2 aromatic rings. The normalized spacial score (nSPS) is 10.9. The largest absolute Gasteiger partial charge is 0.493 e. The number of anilines is 1. The molecule has 0 radical (unpaired) electrons. The first-order chi connectivity index (χ1) is 12.2. The van der Waals surface area contributed by atoms with E-state index in [9.17, 15) is 5.26 Å². The molecule has 7 heteroatoms. The molecule has 0 saturated carbocycles. The summed E-state index contributed by atoms with van der Waals surface area (Å²) in [6.45, 7) is 4.12. The minimum Gasteiger partial charge on any atom is -0.493 e. The van der Waals surface area contributed by atoms with Gasteiger partial charge in [-0.05, 0) is 36.6 Å². The number of nitriles is 1. The van der Waals surface area contributed by atoms with Gasteiger partial charge < -0.3 is 13.9 Å². The second kappa shape index (κ2) is 8.73. The first kappa shape index (κ1) is 18.3. The van der Waals surface area contributed by atoms with Crippen molar-refractivity contribution >= 4 is 12.1 Å². The molecule has 25 heavy (non-hydrogen) atoms. The van der Waals surface area contributed by atoms with Crippen molar-refractivity contribution in [2.45, 2.75) is 32.6 Å². The van der Waals surface area contributed by atoms with Crippen molar-refractivity contribution < 1.29 is 13.9 Å². The topological polar surface area (TPSA) is 92.7 Å². The number of nitrogens with zero attached hydrogens (tertiary/aromatic N) is 3. The van der Waals surface area contributed by atoms with Gasteiger partial charge in [-0.25, -0.2) is 10.4 Å². The van der Waals surface area contributed by atoms with E-state index >= 15 is 0 Å². The number of aromatic nitrogens is 1. The quantitative estimate of drug-likeness (QED) is 0.577. The third-order valence-electron chi connectivity index (χ3n) is 3.87. The lowest BCUT2D eigenvalue weighted by Crippen LogP contribution is -1.95.